The molecule has 1 aromatic heterocycles. The molecule has 0 amide bonds. The van der Waals surface area contributed by atoms with Gasteiger partial charge in [0, 0.05) is 32.1 Å². The SMILES string of the molecule is CN=C(NCCc1coc(-c2ccc(C)cc2)n1)NCC(C)C.I. The molecule has 1 heterocycles. The molecule has 0 spiro atoms. The Morgan fingerprint density at radius 2 is 1.92 bits per heavy atom. The summed E-state index contributed by atoms with van der Waals surface area (Å²) >= 11 is 0. The van der Waals surface area contributed by atoms with E-state index in [1.165, 1.54) is 5.56 Å². The predicted molar refractivity (Wildman–Crippen MR) is 110 cm³/mol. The van der Waals surface area contributed by atoms with E-state index in [0.717, 1.165) is 36.7 Å². The molecule has 0 atom stereocenters. The van der Waals surface area contributed by atoms with Crippen LogP contribution >= 0.6 is 24.0 Å². The van der Waals surface area contributed by atoms with Crippen LogP contribution in [0.2, 0.25) is 0 Å². The van der Waals surface area contributed by atoms with Gasteiger partial charge in [0.1, 0.15) is 6.26 Å². The number of aromatic nitrogens is 1. The van der Waals surface area contributed by atoms with Gasteiger partial charge in [0.15, 0.2) is 5.96 Å². The summed E-state index contributed by atoms with van der Waals surface area (Å²) in [7, 11) is 1.78. The van der Waals surface area contributed by atoms with E-state index >= 15 is 0 Å². The van der Waals surface area contributed by atoms with Crippen molar-refractivity contribution in [1.29, 1.82) is 0 Å². The van der Waals surface area contributed by atoms with E-state index < -0.39 is 0 Å². The molecule has 0 unspecified atom stereocenters. The van der Waals surface area contributed by atoms with Crippen LogP contribution in [0.3, 0.4) is 0 Å². The zero-order valence-corrected chi connectivity index (χ0v) is 17.1. The number of aliphatic imine (C=N–C) groups is 1. The minimum absolute atomic E-state index is 0. The van der Waals surface area contributed by atoms with Gasteiger partial charge in [-0.25, -0.2) is 4.98 Å². The number of halogens is 1. The molecular weight excluding hydrogens is 415 g/mol. The van der Waals surface area contributed by atoms with E-state index in [1.54, 1.807) is 13.3 Å². The van der Waals surface area contributed by atoms with E-state index in [4.69, 9.17) is 4.42 Å². The van der Waals surface area contributed by atoms with Gasteiger partial charge in [-0.2, -0.15) is 0 Å². The second kappa shape index (κ2) is 10.3. The first-order valence-electron chi connectivity index (χ1n) is 8.04. The molecule has 0 radical (unpaired) electrons. The molecule has 2 N–H and O–H groups in total. The lowest BCUT2D eigenvalue weighted by atomic mass is 10.1. The molecule has 0 aliphatic carbocycles. The average Bonchev–Trinajstić information content (AvgIpc) is 3.00. The number of oxazole rings is 1. The monoisotopic (exact) mass is 442 g/mol. The molecule has 0 aliphatic rings. The highest BCUT2D eigenvalue weighted by molar-refractivity contribution is 14.0. The van der Waals surface area contributed by atoms with Crippen LogP contribution < -0.4 is 10.6 Å². The second-order valence-electron chi connectivity index (χ2n) is 6.03. The number of hydrogen-bond acceptors (Lipinski definition) is 3. The highest BCUT2D eigenvalue weighted by Crippen LogP contribution is 2.19. The van der Waals surface area contributed by atoms with Crippen molar-refractivity contribution in [2.75, 3.05) is 20.1 Å². The summed E-state index contributed by atoms with van der Waals surface area (Å²) in [6.45, 7) is 8.07. The lowest BCUT2D eigenvalue weighted by Gasteiger charge is -2.12. The van der Waals surface area contributed by atoms with Crippen LogP contribution in [0, 0.1) is 12.8 Å². The van der Waals surface area contributed by atoms with Crippen molar-refractivity contribution in [3.8, 4) is 11.5 Å². The second-order valence-corrected chi connectivity index (χ2v) is 6.03. The van der Waals surface area contributed by atoms with Gasteiger partial charge in [-0.15, -0.1) is 24.0 Å². The van der Waals surface area contributed by atoms with E-state index in [2.05, 4.69) is 53.5 Å². The third-order valence-corrected chi connectivity index (χ3v) is 3.43. The molecule has 0 fully saturated rings. The maximum Gasteiger partial charge on any atom is 0.226 e. The Hall–Kier alpha value is -1.57. The molecule has 2 aromatic rings. The summed E-state index contributed by atoms with van der Waals surface area (Å²) in [5.41, 5.74) is 3.17. The Labute approximate surface area is 161 Å². The van der Waals surface area contributed by atoms with Gasteiger partial charge < -0.3 is 15.1 Å². The third-order valence-electron chi connectivity index (χ3n) is 3.43. The highest BCUT2D eigenvalue weighted by atomic mass is 127. The molecule has 0 bridgehead atoms. The van der Waals surface area contributed by atoms with Crippen molar-refractivity contribution in [3.05, 3.63) is 41.8 Å². The zero-order chi connectivity index (χ0) is 16.7. The molecule has 24 heavy (non-hydrogen) atoms. The topological polar surface area (TPSA) is 62.5 Å². The number of aryl methyl sites for hydroxylation is 1. The van der Waals surface area contributed by atoms with Crippen LogP contribution in [0.25, 0.3) is 11.5 Å². The number of hydrogen-bond donors (Lipinski definition) is 2. The summed E-state index contributed by atoms with van der Waals surface area (Å²) in [5.74, 6) is 2.07. The van der Waals surface area contributed by atoms with Gasteiger partial charge in [-0.05, 0) is 25.0 Å². The number of nitrogens with zero attached hydrogens (tertiary/aromatic N) is 2. The Morgan fingerprint density at radius 1 is 1.21 bits per heavy atom. The lowest BCUT2D eigenvalue weighted by Crippen LogP contribution is -2.39. The predicted octanol–water partition coefficient (Wildman–Crippen LogP) is 3.63. The van der Waals surface area contributed by atoms with Gasteiger partial charge in [0.05, 0.1) is 5.69 Å². The standard InChI is InChI=1S/C18H26N4O.HI/c1-13(2)11-21-18(19-4)20-10-9-16-12-23-17(22-16)15-7-5-14(3)6-8-15;/h5-8,12-13H,9-11H2,1-4H3,(H2,19,20,21);1H. The smallest absolute Gasteiger partial charge is 0.226 e. The molecule has 2 rings (SSSR count). The van der Waals surface area contributed by atoms with Gasteiger partial charge in [-0.1, -0.05) is 31.5 Å². The molecular formula is C18H27IN4O. The largest absolute Gasteiger partial charge is 0.444 e. The van der Waals surface area contributed by atoms with Crippen molar-refractivity contribution in [2.24, 2.45) is 10.9 Å². The van der Waals surface area contributed by atoms with E-state index in [0.29, 0.717) is 11.8 Å². The van der Waals surface area contributed by atoms with Gasteiger partial charge in [0.25, 0.3) is 0 Å². The van der Waals surface area contributed by atoms with Gasteiger partial charge >= 0.3 is 0 Å². The summed E-state index contributed by atoms with van der Waals surface area (Å²) in [4.78, 5) is 8.74. The number of rotatable bonds is 6. The van der Waals surface area contributed by atoms with Crippen molar-refractivity contribution in [3.63, 3.8) is 0 Å². The molecule has 0 saturated heterocycles. The minimum Gasteiger partial charge on any atom is -0.444 e. The fourth-order valence-corrected chi connectivity index (χ4v) is 2.08. The van der Waals surface area contributed by atoms with Crippen molar-refractivity contribution >= 4 is 29.9 Å². The fourth-order valence-electron chi connectivity index (χ4n) is 2.08. The molecule has 132 valence electrons. The number of nitrogens with one attached hydrogen (secondary N) is 2. The van der Waals surface area contributed by atoms with Crippen LogP contribution in [-0.4, -0.2) is 31.1 Å². The summed E-state index contributed by atoms with van der Waals surface area (Å²) in [6, 6.07) is 8.18. The third kappa shape index (κ3) is 6.51. The number of guanidine groups is 1. The molecule has 5 nitrogen and oxygen atoms in total. The van der Waals surface area contributed by atoms with Crippen LogP contribution in [-0.2, 0) is 6.42 Å². The Bertz CT molecular complexity index is 635. The summed E-state index contributed by atoms with van der Waals surface area (Å²) < 4.78 is 5.57. The number of benzene rings is 1. The molecule has 0 saturated carbocycles. The van der Waals surface area contributed by atoms with Crippen molar-refractivity contribution in [2.45, 2.75) is 27.2 Å². The Balaban J connectivity index is 0.00000288. The first kappa shape index (κ1) is 20.5. The van der Waals surface area contributed by atoms with Crippen molar-refractivity contribution < 1.29 is 4.42 Å². The summed E-state index contributed by atoms with van der Waals surface area (Å²) in [6.07, 6.45) is 2.51. The molecule has 6 heteroatoms. The Kier molecular flexibility index (Phi) is 8.81. The van der Waals surface area contributed by atoms with E-state index in [-0.39, 0.29) is 24.0 Å². The van der Waals surface area contributed by atoms with Crippen LogP contribution in [0.1, 0.15) is 25.1 Å². The fraction of sp³-hybridized carbons (Fsp3) is 0.444. The lowest BCUT2D eigenvalue weighted by molar-refractivity contribution is 0.572. The zero-order valence-electron chi connectivity index (χ0n) is 14.8. The van der Waals surface area contributed by atoms with E-state index in [1.807, 2.05) is 12.1 Å². The van der Waals surface area contributed by atoms with Crippen molar-refractivity contribution in [1.82, 2.24) is 15.6 Å². The van der Waals surface area contributed by atoms with Gasteiger partial charge in [0.2, 0.25) is 5.89 Å². The first-order valence-corrected chi connectivity index (χ1v) is 8.04. The molecule has 0 aliphatic heterocycles. The minimum atomic E-state index is 0. The Morgan fingerprint density at radius 3 is 2.54 bits per heavy atom. The summed E-state index contributed by atoms with van der Waals surface area (Å²) in [5, 5.41) is 6.57. The van der Waals surface area contributed by atoms with Gasteiger partial charge in [-0.3, -0.25) is 4.99 Å². The quantitative estimate of drug-likeness (QED) is 0.408. The van der Waals surface area contributed by atoms with E-state index in [9.17, 15) is 0 Å². The van der Waals surface area contributed by atoms with Crippen LogP contribution in [0.5, 0.6) is 0 Å². The van der Waals surface area contributed by atoms with Crippen LogP contribution in [0.15, 0.2) is 39.9 Å². The average molecular weight is 442 g/mol. The highest BCUT2D eigenvalue weighted by Gasteiger charge is 2.07. The maximum absolute atomic E-state index is 5.57. The first-order chi connectivity index (χ1) is 11.1. The van der Waals surface area contributed by atoms with Crippen LogP contribution in [0.4, 0.5) is 0 Å². The molecule has 1 aromatic carbocycles. The maximum atomic E-state index is 5.57. The normalized spacial score (nSPS) is 11.3.